The predicted molar refractivity (Wildman–Crippen MR) is 124 cm³/mol. The maximum atomic E-state index is 12.6. The van der Waals surface area contributed by atoms with Gasteiger partial charge in [0.1, 0.15) is 0 Å². The molecule has 0 saturated carbocycles. The number of nitriles is 1. The Labute approximate surface area is 189 Å². The number of carbonyl (C=O) groups is 2. The molecule has 0 aromatic heterocycles. The average molecular weight is 438 g/mol. The van der Waals surface area contributed by atoms with E-state index in [4.69, 9.17) is 14.7 Å². The predicted octanol–water partition coefficient (Wildman–Crippen LogP) is 3.87. The monoisotopic (exact) mass is 437 g/mol. The van der Waals surface area contributed by atoms with Crippen LogP contribution in [0.5, 0.6) is 11.5 Å². The van der Waals surface area contributed by atoms with Gasteiger partial charge in [-0.05, 0) is 50.1 Å². The van der Waals surface area contributed by atoms with Crippen LogP contribution in [-0.4, -0.2) is 38.1 Å². The number of hydrogen-bond acceptors (Lipinski definition) is 5. The Morgan fingerprint density at radius 3 is 2.41 bits per heavy atom. The third kappa shape index (κ3) is 7.95. The molecular weight excluding hydrogens is 406 g/mol. The smallest absolute Gasteiger partial charge is 0.227 e. The van der Waals surface area contributed by atoms with Crippen molar-refractivity contribution >= 4 is 17.5 Å². The lowest BCUT2D eigenvalue weighted by Gasteiger charge is -2.21. The van der Waals surface area contributed by atoms with Crippen molar-refractivity contribution in [3.8, 4) is 17.6 Å². The number of hydrogen-bond donors (Lipinski definition) is 1. The highest BCUT2D eigenvalue weighted by Gasteiger charge is 2.16. The second kappa shape index (κ2) is 13.7. The third-order valence-corrected chi connectivity index (χ3v) is 4.73. The van der Waals surface area contributed by atoms with Crippen molar-refractivity contribution < 1.29 is 19.1 Å². The van der Waals surface area contributed by atoms with Gasteiger partial charge in [-0.2, -0.15) is 5.26 Å². The number of nitrogens with one attached hydrogen (secondary N) is 1. The van der Waals surface area contributed by atoms with E-state index in [-0.39, 0.29) is 31.1 Å². The number of para-hydroxylation sites is 1. The van der Waals surface area contributed by atoms with Crippen molar-refractivity contribution in [2.45, 2.75) is 39.5 Å². The fourth-order valence-electron chi connectivity index (χ4n) is 3.21. The molecule has 2 rings (SSSR count). The largest absolute Gasteiger partial charge is 0.490 e. The fraction of sp³-hybridized carbons (Fsp3) is 0.400. The van der Waals surface area contributed by atoms with Crippen molar-refractivity contribution in [2.75, 3.05) is 31.2 Å². The van der Waals surface area contributed by atoms with Gasteiger partial charge < -0.3 is 19.7 Å². The first kappa shape index (κ1) is 24.7. The van der Waals surface area contributed by atoms with Crippen molar-refractivity contribution in [3.63, 3.8) is 0 Å². The maximum Gasteiger partial charge on any atom is 0.227 e. The number of rotatable bonds is 13. The highest BCUT2D eigenvalue weighted by molar-refractivity contribution is 5.95. The van der Waals surface area contributed by atoms with Crippen LogP contribution >= 0.6 is 0 Å². The van der Waals surface area contributed by atoms with Crippen LogP contribution in [0.1, 0.15) is 38.7 Å². The Morgan fingerprint density at radius 2 is 1.72 bits per heavy atom. The average Bonchev–Trinajstić information content (AvgIpc) is 2.80. The molecule has 2 amide bonds. The topological polar surface area (TPSA) is 91.7 Å². The summed E-state index contributed by atoms with van der Waals surface area (Å²) in [5.41, 5.74) is 1.76. The van der Waals surface area contributed by atoms with Crippen LogP contribution in [0, 0.1) is 11.3 Å². The van der Waals surface area contributed by atoms with Crippen LogP contribution in [-0.2, 0) is 16.0 Å². The Hall–Kier alpha value is -3.53. The molecule has 0 unspecified atom stereocenters. The summed E-state index contributed by atoms with van der Waals surface area (Å²) in [5, 5.41) is 11.7. The van der Waals surface area contributed by atoms with Crippen molar-refractivity contribution in [1.82, 2.24) is 5.32 Å². The Bertz CT molecular complexity index is 909. The van der Waals surface area contributed by atoms with Crippen molar-refractivity contribution in [3.05, 3.63) is 54.1 Å². The third-order valence-electron chi connectivity index (χ3n) is 4.73. The molecule has 0 spiro atoms. The van der Waals surface area contributed by atoms with Gasteiger partial charge in [-0.25, -0.2) is 0 Å². The van der Waals surface area contributed by atoms with Crippen LogP contribution < -0.4 is 19.7 Å². The van der Waals surface area contributed by atoms with E-state index in [0.29, 0.717) is 44.2 Å². The highest BCUT2D eigenvalue weighted by Crippen LogP contribution is 2.28. The molecule has 0 heterocycles. The SMILES string of the molecule is CCOc1ccc(CCNC(=O)CCC(=O)N(CCC#N)c2ccccc2)cc1OCC. The van der Waals surface area contributed by atoms with E-state index >= 15 is 0 Å². The fourth-order valence-corrected chi connectivity index (χ4v) is 3.21. The number of ether oxygens (including phenoxy) is 2. The first-order valence-electron chi connectivity index (χ1n) is 11.0. The van der Waals surface area contributed by atoms with Crippen LogP contribution in [0.2, 0.25) is 0 Å². The molecule has 0 bridgehead atoms. The molecule has 7 heteroatoms. The van der Waals surface area contributed by atoms with E-state index in [2.05, 4.69) is 11.4 Å². The van der Waals surface area contributed by atoms with Gasteiger partial charge in [-0.1, -0.05) is 24.3 Å². The van der Waals surface area contributed by atoms with Gasteiger partial charge in [-0.3, -0.25) is 9.59 Å². The van der Waals surface area contributed by atoms with Crippen LogP contribution in [0.15, 0.2) is 48.5 Å². The minimum absolute atomic E-state index is 0.0870. The molecule has 2 aromatic carbocycles. The molecule has 7 nitrogen and oxygen atoms in total. The van der Waals surface area contributed by atoms with E-state index in [1.54, 1.807) is 4.90 Å². The molecule has 0 aliphatic rings. The minimum atomic E-state index is -0.178. The summed E-state index contributed by atoms with van der Waals surface area (Å²) in [7, 11) is 0. The zero-order chi connectivity index (χ0) is 23.2. The van der Waals surface area contributed by atoms with Gasteiger partial charge in [0.2, 0.25) is 11.8 Å². The van der Waals surface area contributed by atoms with Gasteiger partial charge in [-0.15, -0.1) is 0 Å². The van der Waals surface area contributed by atoms with E-state index < -0.39 is 0 Å². The summed E-state index contributed by atoms with van der Waals surface area (Å²) < 4.78 is 11.2. The molecule has 0 fully saturated rings. The molecule has 2 aromatic rings. The van der Waals surface area contributed by atoms with Crippen molar-refractivity contribution in [2.24, 2.45) is 0 Å². The summed E-state index contributed by atoms with van der Waals surface area (Å²) in [6, 6.07) is 17.0. The minimum Gasteiger partial charge on any atom is -0.490 e. The molecule has 0 aliphatic carbocycles. The van der Waals surface area contributed by atoms with Crippen LogP contribution in [0.25, 0.3) is 0 Å². The zero-order valence-electron chi connectivity index (χ0n) is 18.8. The van der Waals surface area contributed by atoms with Crippen LogP contribution in [0.3, 0.4) is 0 Å². The van der Waals surface area contributed by atoms with Gasteiger partial charge in [0.05, 0.1) is 25.7 Å². The van der Waals surface area contributed by atoms with Gasteiger partial charge in [0, 0.05) is 31.6 Å². The molecule has 1 N–H and O–H groups in total. The Balaban J connectivity index is 1.83. The number of amides is 2. The summed E-state index contributed by atoms with van der Waals surface area (Å²) >= 11 is 0. The van der Waals surface area contributed by atoms with Gasteiger partial charge in [0.25, 0.3) is 0 Å². The van der Waals surface area contributed by atoms with Crippen molar-refractivity contribution in [1.29, 1.82) is 5.26 Å². The number of anilines is 1. The van der Waals surface area contributed by atoms with E-state index in [0.717, 1.165) is 11.3 Å². The lowest BCUT2D eigenvalue weighted by Crippen LogP contribution is -2.33. The normalized spacial score (nSPS) is 10.2. The molecule has 0 aliphatic heterocycles. The first-order valence-corrected chi connectivity index (χ1v) is 11.0. The van der Waals surface area contributed by atoms with Gasteiger partial charge >= 0.3 is 0 Å². The van der Waals surface area contributed by atoms with E-state index in [1.807, 2.05) is 62.4 Å². The number of nitrogens with zero attached hydrogens (tertiary/aromatic N) is 2. The summed E-state index contributed by atoms with van der Waals surface area (Å²) in [6.45, 7) is 5.72. The molecular formula is C25H31N3O4. The molecule has 32 heavy (non-hydrogen) atoms. The zero-order valence-corrected chi connectivity index (χ0v) is 18.8. The molecule has 0 radical (unpaired) electrons. The standard InChI is InChI=1S/C25H31N3O4/c1-3-31-22-12-11-20(19-23(22)32-4-2)15-17-27-24(29)13-14-25(30)28(18-8-16-26)21-9-6-5-7-10-21/h5-7,9-12,19H,3-4,8,13-15,17-18H2,1-2H3,(H,27,29). The highest BCUT2D eigenvalue weighted by atomic mass is 16.5. The number of carbonyl (C=O) groups excluding carboxylic acids is 2. The second-order valence-corrected chi connectivity index (χ2v) is 7.04. The number of benzene rings is 2. The lowest BCUT2D eigenvalue weighted by atomic mass is 10.1. The summed E-state index contributed by atoms with van der Waals surface area (Å²) in [5.74, 6) is 1.05. The van der Waals surface area contributed by atoms with Crippen LogP contribution in [0.4, 0.5) is 5.69 Å². The molecule has 0 atom stereocenters. The van der Waals surface area contributed by atoms with E-state index in [9.17, 15) is 9.59 Å². The van der Waals surface area contributed by atoms with E-state index in [1.165, 1.54) is 0 Å². The second-order valence-electron chi connectivity index (χ2n) is 7.04. The Kier molecular flexibility index (Phi) is 10.6. The first-order chi connectivity index (χ1) is 15.6. The maximum absolute atomic E-state index is 12.6. The molecule has 0 saturated heterocycles. The van der Waals surface area contributed by atoms with Gasteiger partial charge in [0.15, 0.2) is 11.5 Å². The Morgan fingerprint density at radius 1 is 1.00 bits per heavy atom. The summed E-state index contributed by atoms with van der Waals surface area (Å²) in [4.78, 5) is 26.4. The summed E-state index contributed by atoms with van der Waals surface area (Å²) in [6.07, 6.45) is 1.06. The quantitative estimate of drug-likeness (QED) is 0.514. The lowest BCUT2D eigenvalue weighted by molar-refractivity contribution is -0.125. The molecule has 170 valence electrons.